The molecule has 0 aliphatic heterocycles. The second-order valence-corrected chi connectivity index (χ2v) is 6.12. The van der Waals surface area contributed by atoms with Crippen LogP contribution in [0.15, 0.2) is 54.7 Å². The van der Waals surface area contributed by atoms with Crippen LogP contribution < -0.4 is 16.2 Å². The summed E-state index contributed by atoms with van der Waals surface area (Å²) in [5, 5.41) is 16.7. The summed E-state index contributed by atoms with van der Waals surface area (Å²) in [7, 11) is 0. The fourth-order valence-electron chi connectivity index (χ4n) is 2.15. The second kappa shape index (κ2) is 8.02. The molecule has 0 radical (unpaired) electrons. The number of benzene rings is 2. The van der Waals surface area contributed by atoms with Crippen LogP contribution in [0.1, 0.15) is 10.5 Å². The molecule has 1 heterocycles. The van der Waals surface area contributed by atoms with Gasteiger partial charge in [0.15, 0.2) is 16.6 Å². The predicted molar refractivity (Wildman–Crippen MR) is 103 cm³/mol. The standard InChI is InChI=1S/C17H13ClFN5O2S/c18-12-8-10(6-7-13(12)19)20-17(27)22-21-16(26)15-14(25)9-24(23-15)11-4-2-1-3-5-11/h1-9,25H,(H,21,26)(H2,20,22,27). The SMILES string of the molecule is O=C(NNC(=S)Nc1ccc(F)c(Cl)c1)c1nn(-c2ccccc2)cc1O. The Labute approximate surface area is 163 Å². The van der Waals surface area contributed by atoms with Gasteiger partial charge in [0.2, 0.25) is 0 Å². The van der Waals surface area contributed by atoms with E-state index in [9.17, 15) is 14.3 Å². The topological polar surface area (TPSA) is 91.2 Å². The number of hydrazine groups is 1. The van der Waals surface area contributed by atoms with E-state index in [-0.39, 0.29) is 21.6 Å². The number of hydrogen-bond acceptors (Lipinski definition) is 4. The summed E-state index contributed by atoms with van der Waals surface area (Å²) in [6, 6.07) is 13.0. The van der Waals surface area contributed by atoms with Crippen LogP contribution >= 0.6 is 23.8 Å². The van der Waals surface area contributed by atoms with E-state index in [1.165, 1.54) is 29.1 Å². The number of nitrogens with zero attached hydrogens (tertiary/aromatic N) is 2. The van der Waals surface area contributed by atoms with E-state index in [0.29, 0.717) is 11.4 Å². The zero-order valence-electron chi connectivity index (χ0n) is 13.6. The molecule has 3 aromatic rings. The highest BCUT2D eigenvalue weighted by molar-refractivity contribution is 7.80. The number of amides is 1. The van der Waals surface area contributed by atoms with E-state index < -0.39 is 11.7 Å². The Morgan fingerprint density at radius 3 is 2.63 bits per heavy atom. The normalized spacial score (nSPS) is 10.3. The number of aromatic nitrogens is 2. The van der Waals surface area contributed by atoms with Gasteiger partial charge in [-0.2, -0.15) is 5.10 Å². The van der Waals surface area contributed by atoms with Gasteiger partial charge in [-0.25, -0.2) is 9.07 Å². The zero-order chi connectivity index (χ0) is 19.4. The number of carbonyl (C=O) groups is 1. The molecular formula is C17H13ClFN5O2S. The van der Waals surface area contributed by atoms with Gasteiger partial charge in [-0.3, -0.25) is 15.6 Å². The van der Waals surface area contributed by atoms with E-state index in [0.717, 1.165) is 0 Å². The largest absolute Gasteiger partial charge is 0.504 e. The number of para-hydroxylation sites is 1. The van der Waals surface area contributed by atoms with Crippen LogP contribution in [-0.4, -0.2) is 25.9 Å². The van der Waals surface area contributed by atoms with Gasteiger partial charge in [-0.15, -0.1) is 0 Å². The molecular weight excluding hydrogens is 393 g/mol. The van der Waals surface area contributed by atoms with Crippen LogP contribution in [0.3, 0.4) is 0 Å². The first kappa shape index (κ1) is 18.6. The summed E-state index contributed by atoms with van der Waals surface area (Å²) in [6.07, 6.45) is 1.32. The Morgan fingerprint density at radius 2 is 1.93 bits per heavy atom. The van der Waals surface area contributed by atoms with Crippen molar-refractivity contribution in [2.45, 2.75) is 0 Å². The monoisotopic (exact) mass is 405 g/mol. The summed E-state index contributed by atoms with van der Waals surface area (Å²) >= 11 is 10.7. The van der Waals surface area contributed by atoms with Gasteiger partial charge in [0.25, 0.3) is 5.91 Å². The van der Waals surface area contributed by atoms with Gasteiger partial charge in [-0.05, 0) is 42.5 Å². The van der Waals surface area contributed by atoms with Crippen LogP contribution in [0.4, 0.5) is 10.1 Å². The molecule has 3 rings (SSSR count). The highest BCUT2D eigenvalue weighted by Gasteiger charge is 2.17. The van der Waals surface area contributed by atoms with Crippen molar-refractivity contribution in [1.29, 1.82) is 0 Å². The number of aromatic hydroxyl groups is 1. The Kier molecular flexibility index (Phi) is 5.53. The molecule has 0 saturated carbocycles. The lowest BCUT2D eigenvalue weighted by Gasteiger charge is -2.11. The van der Waals surface area contributed by atoms with Crippen LogP contribution in [0.5, 0.6) is 5.75 Å². The molecule has 0 spiro atoms. The second-order valence-electron chi connectivity index (χ2n) is 5.31. The third kappa shape index (κ3) is 4.52. The van der Waals surface area contributed by atoms with Crippen molar-refractivity contribution in [3.63, 3.8) is 0 Å². The minimum atomic E-state index is -0.691. The van der Waals surface area contributed by atoms with E-state index in [1.54, 1.807) is 24.3 Å². The first-order chi connectivity index (χ1) is 12.9. The molecule has 4 N–H and O–H groups in total. The lowest BCUT2D eigenvalue weighted by molar-refractivity contribution is 0.0936. The van der Waals surface area contributed by atoms with Crippen molar-refractivity contribution in [1.82, 2.24) is 20.6 Å². The van der Waals surface area contributed by atoms with E-state index in [4.69, 9.17) is 23.8 Å². The van der Waals surface area contributed by atoms with Crippen molar-refractivity contribution >= 4 is 40.5 Å². The number of carbonyl (C=O) groups excluding carboxylic acids is 1. The Bertz CT molecular complexity index is 996. The van der Waals surface area contributed by atoms with Gasteiger partial charge in [0.05, 0.1) is 16.9 Å². The van der Waals surface area contributed by atoms with E-state index in [1.807, 2.05) is 6.07 Å². The molecule has 7 nitrogen and oxygen atoms in total. The molecule has 0 bridgehead atoms. The van der Waals surface area contributed by atoms with Gasteiger partial charge in [0.1, 0.15) is 5.82 Å². The molecule has 27 heavy (non-hydrogen) atoms. The molecule has 0 atom stereocenters. The maximum absolute atomic E-state index is 13.1. The van der Waals surface area contributed by atoms with Crippen LogP contribution in [-0.2, 0) is 0 Å². The zero-order valence-corrected chi connectivity index (χ0v) is 15.2. The Balaban J connectivity index is 1.61. The molecule has 2 aromatic carbocycles. The maximum Gasteiger partial charge on any atom is 0.294 e. The van der Waals surface area contributed by atoms with Crippen molar-refractivity contribution in [3.05, 3.63) is 71.3 Å². The van der Waals surface area contributed by atoms with Gasteiger partial charge in [-0.1, -0.05) is 29.8 Å². The Morgan fingerprint density at radius 1 is 1.19 bits per heavy atom. The van der Waals surface area contributed by atoms with Gasteiger partial charge in [0, 0.05) is 5.69 Å². The molecule has 0 unspecified atom stereocenters. The number of halogens is 2. The summed E-state index contributed by atoms with van der Waals surface area (Å²) < 4.78 is 14.5. The molecule has 0 fully saturated rings. The van der Waals surface area contributed by atoms with E-state index in [2.05, 4.69) is 21.3 Å². The summed E-state index contributed by atoms with van der Waals surface area (Å²) in [5.41, 5.74) is 5.72. The highest BCUT2D eigenvalue weighted by Crippen LogP contribution is 2.19. The quantitative estimate of drug-likeness (QED) is 0.395. The fourth-order valence-corrected chi connectivity index (χ4v) is 2.50. The summed E-state index contributed by atoms with van der Waals surface area (Å²) in [6.45, 7) is 0. The Hall–Kier alpha value is -3.17. The van der Waals surface area contributed by atoms with Crippen molar-refractivity contribution in [2.24, 2.45) is 0 Å². The smallest absolute Gasteiger partial charge is 0.294 e. The highest BCUT2D eigenvalue weighted by atomic mass is 35.5. The number of anilines is 1. The average Bonchev–Trinajstić information content (AvgIpc) is 3.05. The van der Waals surface area contributed by atoms with Crippen LogP contribution in [0.25, 0.3) is 5.69 Å². The fraction of sp³-hybridized carbons (Fsp3) is 0. The minimum absolute atomic E-state index is 0.0352. The third-order valence-corrected chi connectivity index (χ3v) is 3.89. The maximum atomic E-state index is 13.1. The number of nitrogens with one attached hydrogen (secondary N) is 3. The number of hydrogen-bond donors (Lipinski definition) is 4. The number of thiocarbonyl (C=S) groups is 1. The average molecular weight is 406 g/mol. The predicted octanol–water partition coefficient (Wildman–Crippen LogP) is 3.00. The molecule has 0 saturated heterocycles. The molecule has 1 amide bonds. The van der Waals surface area contributed by atoms with Crippen molar-refractivity contribution in [3.8, 4) is 11.4 Å². The lowest BCUT2D eigenvalue weighted by Crippen LogP contribution is -2.44. The van der Waals surface area contributed by atoms with Gasteiger partial charge >= 0.3 is 0 Å². The molecule has 10 heteroatoms. The van der Waals surface area contributed by atoms with E-state index >= 15 is 0 Å². The summed E-state index contributed by atoms with van der Waals surface area (Å²) in [4.78, 5) is 12.2. The minimum Gasteiger partial charge on any atom is -0.504 e. The van der Waals surface area contributed by atoms with Crippen LogP contribution in [0, 0.1) is 5.82 Å². The molecule has 0 aliphatic rings. The van der Waals surface area contributed by atoms with Crippen molar-refractivity contribution < 1.29 is 14.3 Å². The first-order valence-corrected chi connectivity index (χ1v) is 8.39. The van der Waals surface area contributed by atoms with Crippen LogP contribution in [0.2, 0.25) is 5.02 Å². The lowest BCUT2D eigenvalue weighted by atomic mass is 10.3. The van der Waals surface area contributed by atoms with Crippen molar-refractivity contribution in [2.75, 3.05) is 5.32 Å². The molecule has 0 aliphatic carbocycles. The summed E-state index contributed by atoms with van der Waals surface area (Å²) in [5.74, 6) is -1.54. The first-order valence-electron chi connectivity index (χ1n) is 7.60. The molecule has 1 aromatic heterocycles. The number of rotatable bonds is 3. The molecule has 138 valence electrons. The van der Waals surface area contributed by atoms with Gasteiger partial charge < -0.3 is 10.4 Å². The third-order valence-electron chi connectivity index (χ3n) is 3.40.